The molecule has 0 aliphatic carbocycles. The molecule has 43 heavy (non-hydrogen) atoms. The Hall–Kier alpha value is -6.22. The molecule has 0 aliphatic rings. The number of nitro benzene ring substituents is 2. The molecule has 0 saturated heterocycles. The Morgan fingerprint density at radius 1 is 0.744 bits per heavy atom. The molecule has 0 radical (unpaired) electrons. The lowest BCUT2D eigenvalue weighted by Crippen LogP contribution is -2.29. The number of para-hydroxylation sites is 2. The maximum Gasteiger partial charge on any atom is 0.341 e. The molecule has 0 aromatic heterocycles. The molecule has 0 atom stereocenters. The van der Waals surface area contributed by atoms with E-state index in [4.69, 9.17) is 10.6 Å². The minimum absolute atomic E-state index is 0.0393. The third-order valence-corrected chi connectivity index (χ3v) is 5.19. The van der Waals surface area contributed by atoms with Crippen LogP contribution in [-0.2, 0) is 4.74 Å². The Morgan fingerprint density at radius 3 is 1.60 bits per heavy atom. The van der Waals surface area contributed by atoms with Gasteiger partial charge in [0.25, 0.3) is 17.3 Å². The quantitative estimate of drug-likeness (QED) is 0.0718. The Bertz CT molecular complexity index is 1530. The van der Waals surface area contributed by atoms with Crippen molar-refractivity contribution in [1.29, 1.82) is 0 Å². The number of nitrogen functional groups attached to an aromatic ring is 1. The molecular weight excluding hydrogens is 564 g/mol. The SMILES string of the molecule is CCOC(=O)c1ccccc1O.NNc1ccc([N+](=O)[O-])cc1.O=C(NNc1ccc([N+](=O)[O-])cc1)c1ccccc1O. The molecule has 224 valence electrons. The summed E-state index contributed by atoms with van der Waals surface area (Å²) in [6, 6.07) is 23.8. The number of carbonyl (C=O) groups excluding carboxylic acids is 2. The van der Waals surface area contributed by atoms with E-state index in [1.54, 1.807) is 31.2 Å². The molecule has 0 aliphatic heterocycles. The summed E-state index contributed by atoms with van der Waals surface area (Å²) in [5.74, 6) is 3.88. The fraction of sp³-hybridized carbons (Fsp3) is 0.0714. The number of esters is 1. The van der Waals surface area contributed by atoms with Crippen molar-refractivity contribution in [3.8, 4) is 11.5 Å². The van der Waals surface area contributed by atoms with Crippen LogP contribution < -0.4 is 22.1 Å². The number of ether oxygens (including phenoxy) is 1. The first-order valence-corrected chi connectivity index (χ1v) is 12.3. The van der Waals surface area contributed by atoms with Crippen molar-refractivity contribution < 1.29 is 34.4 Å². The fourth-order valence-corrected chi connectivity index (χ4v) is 3.06. The Labute approximate surface area is 244 Å². The lowest BCUT2D eigenvalue weighted by Gasteiger charge is -2.09. The summed E-state index contributed by atoms with van der Waals surface area (Å²) < 4.78 is 4.71. The van der Waals surface area contributed by atoms with Crippen molar-refractivity contribution in [2.24, 2.45) is 5.84 Å². The number of carbonyl (C=O) groups is 2. The van der Waals surface area contributed by atoms with Gasteiger partial charge in [-0.2, -0.15) is 0 Å². The molecule has 4 aromatic rings. The average molecular weight is 593 g/mol. The van der Waals surface area contributed by atoms with Gasteiger partial charge in [-0.3, -0.25) is 41.7 Å². The zero-order valence-corrected chi connectivity index (χ0v) is 22.7. The number of nitrogens with one attached hydrogen (secondary N) is 3. The molecule has 0 spiro atoms. The number of amides is 1. The molecule has 0 unspecified atom stereocenters. The summed E-state index contributed by atoms with van der Waals surface area (Å²) in [6.07, 6.45) is 0. The molecule has 4 rings (SSSR count). The zero-order chi connectivity index (χ0) is 31.8. The van der Waals surface area contributed by atoms with Crippen LogP contribution in [-0.4, -0.2) is 38.5 Å². The van der Waals surface area contributed by atoms with Crippen molar-refractivity contribution in [1.82, 2.24) is 5.43 Å². The van der Waals surface area contributed by atoms with Crippen molar-refractivity contribution in [3.05, 3.63) is 128 Å². The number of phenolic OH excluding ortho intramolecular Hbond substituents is 2. The van der Waals surface area contributed by atoms with Gasteiger partial charge in [-0.1, -0.05) is 24.3 Å². The first kappa shape index (κ1) is 33.0. The zero-order valence-electron chi connectivity index (χ0n) is 22.7. The second kappa shape index (κ2) is 16.8. The minimum Gasteiger partial charge on any atom is -0.507 e. The number of nitrogens with zero attached hydrogens (tertiary/aromatic N) is 2. The van der Waals surface area contributed by atoms with Crippen molar-refractivity contribution in [3.63, 3.8) is 0 Å². The Kier molecular flexibility index (Phi) is 12.9. The van der Waals surface area contributed by atoms with E-state index < -0.39 is 21.7 Å². The van der Waals surface area contributed by atoms with Gasteiger partial charge in [-0.05, 0) is 55.5 Å². The molecule has 0 saturated carbocycles. The lowest BCUT2D eigenvalue weighted by atomic mass is 10.2. The van der Waals surface area contributed by atoms with E-state index in [2.05, 4.69) is 16.3 Å². The number of anilines is 2. The van der Waals surface area contributed by atoms with Crippen molar-refractivity contribution in [2.45, 2.75) is 6.92 Å². The second-order valence-corrected chi connectivity index (χ2v) is 8.09. The highest BCUT2D eigenvalue weighted by Gasteiger charge is 2.11. The number of hydrogen-bond acceptors (Lipinski definition) is 12. The van der Waals surface area contributed by atoms with Crippen LogP contribution in [0.2, 0.25) is 0 Å². The van der Waals surface area contributed by atoms with Crippen molar-refractivity contribution in [2.75, 3.05) is 17.5 Å². The van der Waals surface area contributed by atoms with Crippen LogP contribution in [0.15, 0.2) is 97.1 Å². The predicted octanol–water partition coefficient (Wildman–Crippen LogP) is 4.51. The number of benzene rings is 4. The molecule has 15 nitrogen and oxygen atoms in total. The van der Waals surface area contributed by atoms with Gasteiger partial charge in [-0.25, -0.2) is 4.79 Å². The molecule has 0 heterocycles. The van der Waals surface area contributed by atoms with Gasteiger partial charge < -0.3 is 20.4 Å². The molecule has 7 N–H and O–H groups in total. The van der Waals surface area contributed by atoms with Crippen LogP contribution in [0, 0.1) is 20.2 Å². The standard InChI is InChI=1S/C13H11N3O4.C9H10O3.C6H7N3O2/c17-12-4-2-1-3-11(12)13(18)15-14-9-5-7-10(8-6-9)16(19)20;1-2-12-9(11)7-5-3-4-6-8(7)10;7-8-5-1-3-6(4-2-5)9(10)11/h1-8,14,17H,(H,15,18);3-6,10H,2H2,1H3;1-4,8H,7H2. The topological polar surface area (TPSA) is 232 Å². The van der Waals surface area contributed by atoms with Gasteiger partial charge in [0.1, 0.15) is 17.1 Å². The summed E-state index contributed by atoms with van der Waals surface area (Å²) in [6.45, 7) is 2.03. The molecule has 0 fully saturated rings. The largest absolute Gasteiger partial charge is 0.507 e. The fourth-order valence-electron chi connectivity index (χ4n) is 3.06. The van der Waals surface area contributed by atoms with Gasteiger partial charge >= 0.3 is 5.97 Å². The number of phenols is 2. The van der Waals surface area contributed by atoms with Gasteiger partial charge in [-0.15, -0.1) is 0 Å². The van der Waals surface area contributed by atoms with Crippen LogP contribution >= 0.6 is 0 Å². The van der Waals surface area contributed by atoms with Crippen LogP contribution in [0.3, 0.4) is 0 Å². The highest BCUT2D eigenvalue weighted by molar-refractivity contribution is 5.97. The highest BCUT2D eigenvalue weighted by atomic mass is 16.6. The maximum atomic E-state index is 11.8. The van der Waals surface area contributed by atoms with Gasteiger partial charge in [0.15, 0.2) is 0 Å². The van der Waals surface area contributed by atoms with Gasteiger partial charge in [0.2, 0.25) is 0 Å². The smallest absolute Gasteiger partial charge is 0.341 e. The van der Waals surface area contributed by atoms with E-state index in [0.29, 0.717) is 18.0 Å². The van der Waals surface area contributed by atoms with E-state index in [1.165, 1.54) is 72.8 Å². The normalized spacial score (nSPS) is 9.53. The maximum absolute atomic E-state index is 11.8. The summed E-state index contributed by atoms with van der Waals surface area (Å²) >= 11 is 0. The third-order valence-electron chi connectivity index (χ3n) is 5.19. The first-order chi connectivity index (χ1) is 20.6. The van der Waals surface area contributed by atoms with Crippen LogP contribution in [0.1, 0.15) is 27.6 Å². The Morgan fingerprint density at radius 2 is 1.19 bits per heavy atom. The monoisotopic (exact) mass is 592 g/mol. The number of hydrogen-bond donors (Lipinski definition) is 6. The Balaban J connectivity index is 0.000000241. The van der Waals surface area contributed by atoms with Gasteiger partial charge in [0, 0.05) is 30.0 Å². The highest BCUT2D eigenvalue weighted by Crippen LogP contribution is 2.18. The summed E-state index contributed by atoms with van der Waals surface area (Å²) in [4.78, 5) is 42.5. The number of hydrazine groups is 2. The first-order valence-electron chi connectivity index (χ1n) is 12.3. The third kappa shape index (κ3) is 10.7. The number of aromatic hydroxyl groups is 2. The molecule has 1 amide bonds. The molecule has 15 heteroatoms. The summed E-state index contributed by atoms with van der Waals surface area (Å²) in [7, 11) is 0. The van der Waals surface area contributed by atoms with Crippen LogP contribution in [0.5, 0.6) is 11.5 Å². The average Bonchev–Trinajstić information content (AvgIpc) is 3.01. The second-order valence-electron chi connectivity index (χ2n) is 8.09. The van der Waals surface area contributed by atoms with E-state index in [0.717, 1.165) is 0 Å². The van der Waals surface area contributed by atoms with Gasteiger partial charge in [0.05, 0.1) is 27.7 Å². The number of nitrogens with two attached hydrogens (primary N) is 1. The number of non-ortho nitro benzene ring substituents is 2. The van der Waals surface area contributed by atoms with Crippen LogP contribution in [0.25, 0.3) is 0 Å². The molecule has 0 bridgehead atoms. The van der Waals surface area contributed by atoms with E-state index in [-0.39, 0.29) is 34.0 Å². The summed E-state index contributed by atoms with van der Waals surface area (Å²) in [5, 5.41) is 39.4. The minimum atomic E-state index is -0.513. The van der Waals surface area contributed by atoms with Crippen LogP contribution in [0.4, 0.5) is 22.7 Å². The van der Waals surface area contributed by atoms with E-state index in [1.807, 2.05) is 0 Å². The lowest BCUT2D eigenvalue weighted by molar-refractivity contribution is -0.385. The van der Waals surface area contributed by atoms with E-state index in [9.17, 15) is 40.0 Å². The molecular formula is C28H28N6O9. The number of rotatable bonds is 8. The predicted molar refractivity (Wildman–Crippen MR) is 157 cm³/mol. The molecule has 4 aromatic carbocycles. The number of nitro groups is 2. The van der Waals surface area contributed by atoms with Crippen molar-refractivity contribution >= 4 is 34.6 Å². The van der Waals surface area contributed by atoms with E-state index >= 15 is 0 Å². The summed E-state index contributed by atoms with van der Waals surface area (Å²) in [5.41, 5.74) is 8.85.